The van der Waals surface area contributed by atoms with Crippen molar-refractivity contribution in [1.29, 1.82) is 0 Å². The molecular weight excluding hydrogens is 272 g/mol. The predicted molar refractivity (Wildman–Crippen MR) is 71.4 cm³/mol. The number of halogens is 1. The Hall–Kier alpha value is 0.0400. The van der Waals surface area contributed by atoms with Gasteiger partial charge in [-0.2, -0.15) is 16.9 Å². The Balaban J connectivity index is 2.56. The normalized spacial score (nSPS) is 10.9. The highest BCUT2D eigenvalue weighted by Gasteiger charge is 2.11. The maximum absolute atomic E-state index is 4.48. The summed E-state index contributed by atoms with van der Waals surface area (Å²) in [6, 6.07) is 0. The van der Waals surface area contributed by atoms with Gasteiger partial charge in [0.05, 0.1) is 15.9 Å². The molecular formula is C11H19BrN2S. The molecule has 0 radical (unpaired) electrons. The highest BCUT2D eigenvalue weighted by Crippen LogP contribution is 2.25. The summed E-state index contributed by atoms with van der Waals surface area (Å²) in [5.41, 5.74) is 2.48. The standard InChI is InChI=1S/C11H19BrN2S/c1-4-6-7-15-8-10-11(12)9(5-2)13-14(10)3/h4-8H2,1-3H3. The van der Waals surface area contributed by atoms with Crippen LogP contribution in [0, 0.1) is 0 Å². The number of aromatic nitrogens is 2. The van der Waals surface area contributed by atoms with Crippen molar-refractivity contribution < 1.29 is 0 Å². The van der Waals surface area contributed by atoms with Gasteiger partial charge in [-0.15, -0.1) is 0 Å². The molecule has 1 heterocycles. The Labute approximate surface area is 105 Å². The molecule has 0 fully saturated rings. The smallest absolute Gasteiger partial charge is 0.0767 e. The van der Waals surface area contributed by atoms with E-state index in [4.69, 9.17) is 0 Å². The van der Waals surface area contributed by atoms with Gasteiger partial charge in [0, 0.05) is 12.8 Å². The van der Waals surface area contributed by atoms with Gasteiger partial charge in [-0.3, -0.25) is 4.68 Å². The fourth-order valence-electron chi connectivity index (χ4n) is 1.39. The monoisotopic (exact) mass is 290 g/mol. The van der Waals surface area contributed by atoms with Crippen LogP contribution in [0.1, 0.15) is 38.1 Å². The van der Waals surface area contributed by atoms with Gasteiger partial charge < -0.3 is 0 Å². The first-order valence-corrected chi connectivity index (χ1v) is 7.43. The van der Waals surface area contributed by atoms with Crippen molar-refractivity contribution >= 4 is 27.7 Å². The molecule has 86 valence electrons. The van der Waals surface area contributed by atoms with Crippen molar-refractivity contribution in [2.45, 2.75) is 38.9 Å². The maximum Gasteiger partial charge on any atom is 0.0767 e. The molecule has 0 unspecified atom stereocenters. The molecule has 4 heteroatoms. The lowest BCUT2D eigenvalue weighted by Crippen LogP contribution is -1.97. The lowest BCUT2D eigenvalue weighted by atomic mass is 10.3. The van der Waals surface area contributed by atoms with Gasteiger partial charge in [0.25, 0.3) is 0 Å². The van der Waals surface area contributed by atoms with Gasteiger partial charge in [0.1, 0.15) is 0 Å². The second kappa shape index (κ2) is 6.59. The van der Waals surface area contributed by atoms with Crippen molar-refractivity contribution in [2.24, 2.45) is 7.05 Å². The van der Waals surface area contributed by atoms with Gasteiger partial charge in [-0.1, -0.05) is 20.3 Å². The first-order chi connectivity index (χ1) is 7.20. The Kier molecular flexibility index (Phi) is 5.75. The van der Waals surface area contributed by atoms with E-state index < -0.39 is 0 Å². The molecule has 1 aromatic rings. The van der Waals surface area contributed by atoms with Crippen LogP contribution in [-0.4, -0.2) is 15.5 Å². The highest BCUT2D eigenvalue weighted by atomic mass is 79.9. The van der Waals surface area contributed by atoms with Crippen LogP contribution < -0.4 is 0 Å². The number of thioether (sulfide) groups is 1. The van der Waals surface area contributed by atoms with Gasteiger partial charge in [0.2, 0.25) is 0 Å². The summed E-state index contributed by atoms with van der Waals surface area (Å²) in [7, 11) is 2.03. The lowest BCUT2D eigenvalue weighted by Gasteiger charge is -2.02. The van der Waals surface area contributed by atoms with Crippen LogP contribution >= 0.6 is 27.7 Å². The number of unbranched alkanes of at least 4 members (excludes halogenated alkanes) is 1. The number of nitrogens with zero attached hydrogens (tertiary/aromatic N) is 2. The SMILES string of the molecule is CCCCSCc1c(Br)c(CC)nn1C. The van der Waals surface area contributed by atoms with E-state index in [1.54, 1.807) is 0 Å². The number of aryl methyl sites for hydroxylation is 2. The molecule has 0 aliphatic carbocycles. The predicted octanol–water partition coefficient (Wildman–Crippen LogP) is 3.78. The van der Waals surface area contributed by atoms with Crippen molar-refractivity contribution in [3.05, 3.63) is 15.9 Å². The van der Waals surface area contributed by atoms with E-state index in [0.717, 1.165) is 12.2 Å². The minimum absolute atomic E-state index is 0.994. The summed E-state index contributed by atoms with van der Waals surface area (Å²) in [5.74, 6) is 2.31. The minimum atomic E-state index is 0.994. The molecule has 0 atom stereocenters. The zero-order valence-electron chi connectivity index (χ0n) is 9.72. The van der Waals surface area contributed by atoms with Crippen molar-refractivity contribution in [3.8, 4) is 0 Å². The van der Waals surface area contributed by atoms with Crippen molar-refractivity contribution in [1.82, 2.24) is 9.78 Å². The molecule has 15 heavy (non-hydrogen) atoms. The number of hydrogen-bond acceptors (Lipinski definition) is 2. The Morgan fingerprint density at radius 1 is 1.40 bits per heavy atom. The zero-order valence-corrected chi connectivity index (χ0v) is 12.1. The molecule has 2 nitrogen and oxygen atoms in total. The van der Waals surface area contributed by atoms with E-state index >= 15 is 0 Å². The van der Waals surface area contributed by atoms with Crippen LogP contribution in [0.5, 0.6) is 0 Å². The van der Waals surface area contributed by atoms with E-state index in [1.807, 2.05) is 23.5 Å². The molecule has 0 aliphatic rings. The van der Waals surface area contributed by atoms with Crippen LogP contribution in [0.3, 0.4) is 0 Å². The van der Waals surface area contributed by atoms with Gasteiger partial charge in [-0.25, -0.2) is 0 Å². The van der Waals surface area contributed by atoms with E-state index in [9.17, 15) is 0 Å². The molecule has 0 aliphatic heterocycles. The molecule has 0 amide bonds. The van der Waals surface area contributed by atoms with Gasteiger partial charge in [-0.05, 0) is 34.5 Å². The average molecular weight is 291 g/mol. The third-order valence-electron chi connectivity index (χ3n) is 2.38. The lowest BCUT2D eigenvalue weighted by molar-refractivity contribution is 0.719. The second-order valence-electron chi connectivity index (χ2n) is 3.59. The molecule has 0 saturated heterocycles. The van der Waals surface area contributed by atoms with E-state index in [-0.39, 0.29) is 0 Å². The van der Waals surface area contributed by atoms with Crippen LogP contribution in [0.4, 0.5) is 0 Å². The largest absolute Gasteiger partial charge is 0.270 e. The Morgan fingerprint density at radius 3 is 2.67 bits per heavy atom. The summed E-state index contributed by atoms with van der Waals surface area (Å²) in [4.78, 5) is 0. The quantitative estimate of drug-likeness (QED) is 0.742. The van der Waals surface area contributed by atoms with Crippen LogP contribution in [0.2, 0.25) is 0 Å². The molecule has 0 spiro atoms. The zero-order chi connectivity index (χ0) is 11.3. The van der Waals surface area contributed by atoms with Crippen molar-refractivity contribution in [2.75, 3.05) is 5.75 Å². The second-order valence-corrected chi connectivity index (χ2v) is 5.49. The molecule has 0 saturated carbocycles. The topological polar surface area (TPSA) is 17.8 Å². The Morgan fingerprint density at radius 2 is 2.13 bits per heavy atom. The first-order valence-electron chi connectivity index (χ1n) is 5.48. The summed E-state index contributed by atoms with van der Waals surface area (Å²) < 4.78 is 3.21. The summed E-state index contributed by atoms with van der Waals surface area (Å²) in [6.07, 6.45) is 3.58. The summed E-state index contributed by atoms with van der Waals surface area (Å²) in [6.45, 7) is 4.37. The molecule has 1 rings (SSSR count). The minimum Gasteiger partial charge on any atom is -0.270 e. The van der Waals surface area contributed by atoms with Gasteiger partial charge in [0.15, 0.2) is 0 Å². The van der Waals surface area contributed by atoms with Crippen LogP contribution in [0.15, 0.2) is 4.47 Å². The van der Waals surface area contributed by atoms with E-state index in [0.29, 0.717) is 0 Å². The summed E-state index contributed by atoms with van der Waals surface area (Å²) >= 11 is 5.63. The third kappa shape index (κ3) is 3.52. The number of hydrogen-bond donors (Lipinski definition) is 0. The maximum atomic E-state index is 4.48. The molecule has 0 bridgehead atoms. The average Bonchev–Trinajstić information content (AvgIpc) is 2.50. The molecule has 0 aromatic carbocycles. The van der Waals surface area contributed by atoms with E-state index in [2.05, 4.69) is 34.9 Å². The van der Waals surface area contributed by atoms with E-state index in [1.165, 1.54) is 34.5 Å². The van der Waals surface area contributed by atoms with Crippen LogP contribution in [-0.2, 0) is 19.2 Å². The third-order valence-corrected chi connectivity index (χ3v) is 4.35. The van der Waals surface area contributed by atoms with Gasteiger partial charge >= 0.3 is 0 Å². The first kappa shape index (κ1) is 13.1. The number of rotatable bonds is 6. The fraction of sp³-hybridized carbons (Fsp3) is 0.727. The molecule has 1 aromatic heterocycles. The Bertz CT molecular complexity index is 310. The highest BCUT2D eigenvalue weighted by molar-refractivity contribution is 9.10. The van der Waals surface area contributed by atoms with Crippen LogP contribution in [0.25, 0.3) is 0 Å². The summed E-state index contributed by atoms with van der Waals surface area (Å²) in [5, 5.41) is 4.48. The fourth-order valence-corrected chi connectivity index (χ4v) is 3.50. The molecule has 0 N–H and O–H groups in total. The van der Waals surface area contributed by atoms with Crippen molar-refractivity contribution in [3.63, 3.8) is 0 Å².